The summed E-state index contributed by atoms with van der Waals surface area (Å²) in [7, 11) is 2.37. The van der Waals surface area contributed by atoms with Crippen LogP contribution in [-0.4, -0.2) is 43.4 Å². The van der Waals surface area contributed by atoms with Crippen molar-refractivity contribution in [3.05, 3.63) is 179 Å². The van der Waals surface area contributed by atoms with Crippen molar-refractivity contribution in [2.75, 3.05) is 24.2 Å². The van der Waals surface area contributed by atoms with Crippen LogP contribution in [0.1, 0.15) is 22.3 Å². The monoisotopic (exact) mass is 744 g/mol. The number of para-hydroxylation sites is 2. The number of anilines is 2. The SMILES string of the molecule is COC(=O)C12C(=O)C3(C(=O)OC)C(c4ccc(F)cc4)=NN(c4ccccc4)C34c3cccc5cccc(c35)C14N(c1ccccc1)N=C2c1ccc(F)cc1. The van der Waals surface area contributed by atoms with E-state index < -0.39 is 51.3 Å². The van der Waals surface area contributed by atoms with Gasteiger partial charge in [-0.1, -0.05) is 97.1 Å². The van der Waals surface area contributed by atoms with Crippen LogP contribution >= 0.6 is 0 Å². The lowest BCUT2D eigenvalue weighted by Crippen LogP contribution is -2.69. The van der Waals surface area contributed by atoms with Gasteiger partial charge in [-0.05, 0) is 81.6 Å². The highest BCUT2D eigenvalue weighted by atomic mass is 19.1. The number of hydrazone groups is 2. The summed E-state index contributed by atoms with van der Waals surface area (Å²) in [6.45, 7) is 0. The van der Waals surface area contributed by atoms with Crippen molar-refractivity contribution >= 4 is 51.3 Å². The van der Waals surface area contributed by atoms with E-state index in [1.165, 1.54) is 62.8 Å². The summed E-state index contributed by atoms with van der Waals surface area (Å²) in [5.41, 5.74) is -6.71. The van der Waals surface area contributed by atoms with Crippen LogP contribution in [0.4, 0.5) is 20.2 Å². The van der Waals surface area contributed by atoms with E-state index in [0.717, 1.165) is 5.39 Å². The van der Waals surface area contributed by atoms with Crippen LogP contribution < -0.4 is 10.0 Å². The van der Waals surface area contributed by atoms with E-state index in [1.807, 2.05) is 48.5 Å². The molecule has 56 heavy (non-hydrogen) atoms. The van der Waals surface area contributed by atoms with Gasteiger partial charge in [-0.15, -0.1) is 0 Å². The van der Waals surface area contributed by atoms with Crippen LogP contribution in [0.3, 0.4) is 0 Å². The molecule has 2 aliphatic heterocycles. The third-order valence-electron chi connectivity index (χ3n) is 11.9. The molecule has 4 atom stereocenters. The first-order valence-electron chi connectivity index (χ1n) is 17.9. The third kappa shape index (κ3) is 3.52. The number of hydrogen-bond donors (Lipinski definition) is 0. The molecular formula is C45H30F2N4O5. The second-order valence-electron chi connectivity index (χ2n) is 14.1. The van der Waals surface area contributed by atoms with Gasteiger partial charge in [0.2, 0.25) is 10.8 Å². The van der Waals surface area contributed by atoms with E-state index in [0.29, 0.717) is 27.9 Å². The largest absolute Gasteiger partial charge is 0.468 e. The number of Topliss-reactive ketones (excluding diaryl/α,β-unsaturated/α-hetero) is 1. The number of carbonyl (C=O) groups is 3. The molecule has 6 aromatic rings. The Labute approximate surface area is 319 Å². The van der Waals surface area contributed by atoms with E-state index in [1.54, 1.807) is 58.5 Å². The number of ketones is 1. The van der Waals surface area contributed by atoms with Gasteiger partial charge >= 0.3 is 11.9 Å². The topological polar surface area (TPSA) is 101 Å². The smallest absolute Gasteiger partial charge is 0.328 e. The van der Waals surface area contributed by atoms with Crippen LogP contribution in [0.25, 0.3) is 10.8 Å². The molecule has 1 saturated carbocycles. The van der Waals surface area contributed by atoms with Gasteiger partial charge < -0.3 is 9.47 Å². The minimum Gasteiger partial charge on any atom is -0.468 e. The Morgan fingerprint density at radius 3 is 1.30 bits per heavy atom. The van der Waals surface area contributed by atoms with Crippen molar-refractivity contribution in [2.45, 2.75) is 11.1 Å². The first-order valence-corrected chi connectivity index (χ1v) is 17.9. The Bertz CT molecular complexity index is 2540. The van der Waals surface area contributed by atoms with E-state index in [4.69, 9.17) is 19.7 Å². The number of nitrogens with zero attached hydrogens (tertiary/aromatic N) is 4. The first kappa shape index (κ1) is 33.6. The molecule has 2 spiro atoms. The Kier molecular flexibility index (Phi) is 6.89. The summed E-state index contributed by atoms with van der Waals surface area (Å²) < 4.78 is 41.0. The van der Waals surface area contributed by atoms with Crippen LogP contribution in [0.15, 0.2) is 156 Å². The molecule has 2 aliphatic carbocycles. The van der Waals surface area contributed by atoms with Crippen molar-refractivity contribution in [1.82, 2.24) is 0 Å². The van der Waals surface area contributed by atoms with Crippen LogP contribution in [0.5, 0.6) is 0 Å². The number of methoxy groups -OCH3 is 2. The molecule has 9 nitrogen and oxygen atoms in total. The third-order valence-corrected chi connectivity index (χ3v) is 11.9. The summed E-state index contributed by atoms with van der Waals surface area (Å²) >= 11 is 0. The van der Waals surface area contributed by atoms with Crippen molar-refractivity contribution in [2.24, 2.45) is 21.0 Å². The van der Waals surface area contributed by atoms with Gasteiger partial charge in [0.25, 0.3) is 0 Å². The Hall–Kier alpha value is -7.01. The Morgan fingerprint density at radius 2 is 0.929 bits per heavy atom. The fourth-order valence-electron chi connectivity index (χ4n) is 10.2. The average molecular weight is 745 g/mol. The molecule has 6 aromatic carbocycles. The highest BCUT2D eigenvalue weighted by molar-refractivity contribution is 6.46. The van der Waals surface area contributed by atoms with Gasteiger partial charge in [0.1, 0.15) is 22.7 Å². The highest BCUT2D eigenvalue weighted by Gasteiger charge is 2.99. The zero-order valence-corrected chi connectivity index (χ0v) is 29.9. The van der Waals surface area contributed by atoms with Gasteiger partial charge in [-0.2, -0.15) is 10.2 Å². The van der Waals surface area contributed by atoms with Crippen LogP contribution in [0.2, 0.25) is 0 Å². The van der Waals surface area contributed by atoms with Crippen molar-refractivity contribution in [1.29, 1.82) is 0 Å². The number of esters is 2. The number of halogens is 2. The zero-order valence-electron chi connectivity index (χ0n) is 29.9. The lowest BCUT2D eigenvalue weighted by Gasteiger charge is -2.53. The van der Waals surface area contributed by atoms with E-state index >= 15 is 14.4 Å². The Morgan fingerprint density at radius 1 is 0.536 bits per heavy atom. The molecule has 0 radical (unpaired) electrons. The summed E-state index contributed by atoms with van der Waals surface area (Å²) in [6.07, 6.45) is 0. The fraction of sp³-hybridized carbons (Fsp3) is 0.133. The van der Waals surface area contributed by atoms with Crippen molar-refractivity contribution < 1.29 is 32.6 Å². The van der Waals surface area contributed by atoms with Gasteiger partial charge in [0.15, 0.2) is 5.78 Å². The molecule has 4 unspecified atom stereocenters. The number of hydrogen-bond acceptors (Lipinski definition) is 9. The number of ether oxygens (including phenoxy) is 2. The highest BCUT2D eigenvalue weighted by Crippen LogP contribution is 2.81. The summed E-state index contributed by atoms with van der Waals surface area (Å²) in [4.78, 5) is 48.1. The van der Waals surface area contributed by atoms with E-state index in [9.17, 15) is 8.78 Å². The van der Waals surface area contributed by atoms with Crippen LogP contribution in [-0.2, 0) is 34.9 Å². The molecule has 0 aromatic heterocycles. The van der Waals surface area contributed by atoms with E-state index in [2.05, 4.69) is 0 Å². The Balaban J connectivity index is 1.51. The second-order valence-corrected chi connectivity index (χ2v) is 14.1. The zero-order chi connectivity index (χ0) is 38.6. The molecule has 0 N–H and O–H groups in total. The summed E-state index contributed by atoms with van der Waals surface area (Å²) in [5.74, 6) is -4.02. The molecule has 11 heteroatoms. The maximum absolute atomic E-state index is 16.9. The van der Waals surface area contributed by atoms with Crippen molar-refractivity contribution in [3.63, 3.8) is 0 Å². The predicted molar refractivity (Wildman–Crippen MR) is 205 cm³/mol. The quantitative estimate of drug-likeness (QED) is 0.131. The van der Waals surface area contributed by atoms with Crippen LogP contribution in [0, 0.1) is 22.5 Å². The summed E-state index contributed by atoms with van der Waals surface area (Å²) in [6, 6.07) is 40.0. The van der Waals surface area contributed by atoms with Gasteiger partial charge in [0, 0.05) is 0 Å². The molecule has 274 valence electrons. The molecule has 0 saturated heterocycles. The van der Waals surface area contributed by atoms with E-state index in [-0.39, 0.29) is 22.6 Å². The normalized spacial score (nSPS) is 25.4. The van der Waals surface area contributed by atoms with Gasteiger partial charge in [-0.3, -0.25) is 14.4 Å². The average Bonchev–Trinajstić information content (AvgIpc) is 3.88. The molecule has 1 fully saturated rings. The molecule has 2 heterocycles. The molecule has 10 rings (SSSR count). The maximum Gasteiger partial charge on any atom is 0.328 e. The van der Waals surface area contributed by atoms with Gasteiger partial charge in [-0.25, -0.2) is 18.8 Å². The minimum atomic E-state index is -2.48. The molecule has 0 bridgehead atoms. The minimum absolute atomic E-state index is 0.0634. The van der Waals surface area contributed by atoms with Gasteiger partial charge in [0.05, 0.1) is 37.0 Å². The summed E-state index contributed by atoms with van der Waals surface area (Å²) in [5, 5.41) is 15.3. The molecule has 4 aliphatic rings. The fourth-order valence-corrected chi connectivity index (χ4v) is 10.2. The number of carbonyl (C=O) groups excluding carboxylic acids is 3. The molecular weight excluding hydrogens is 715 g/mol. The lowest BCUT2D eigenvalue weighted by atomic mass is 9.58. The first-order chi connectivity index (χ1) is 27.3. The second kappa shape index (κ2) is 11.5. The number of rotatable bonds is 6. The lowest BCUT2D eigenvalue weighted by molar-refractivity contribution is -0.158. The standard InChI is InChI=1S/C45H30F2N4O5/c1-55-40(53)42-37(28-19-23-30(46)24-20-28)48-50(32-13-5-3-6-14-32)44(42)34-17-9-11-27-12-10-18-35(36(27)34)45(44)43(39(42)52,41(54)56-2)38(29-21-25-31(47)26-22-29)49-51(45)33-15-7-4-8-16-33/h3-26H,1-2H3. The number of benzene rings is 6. The maximum atomic E-state index is 16.9. The predicted octanol–water partition coefficient (Wildman–Crippen LogP) is 7.27. The van der Waals surface area contributed by atoms with Crippen molar-refractivity contribution in [3.8, 4) is 0 Å². The molecule has 0 amide bonds.